The minimum atomic E-state index is -0.695. The molecule has 0 fully saturated rings. The van der Waals surface area contributed by atoms with Crippen LogP contribution in [0.2, 0.25) is 10.0 Å². The van der Waals surface area contributed by atoms with Crippen LogP contribution in [0.15, 0.2) is 54.7 Å². The Bertz CT molecular complexity index is 768. The van der Waals surface area contributed by atoms with Gasteiger partial charge in [-0.1, -0.05) is 47.5 Å². The summed E-state index contributed by atoms with van der Waals surface area (Å²) >= 11 is 12.3. The number of nitrogens with zero attached hydrogens (tertiary/aromatic N) is 1. The normalized spacial score (nSPS) is 12.5. The highest BCUT2D eigenvalue weighted by molar-refractivity contribution is 6.36. The molecule has 0 saturated carbocycles. The zero-order valence-corrected chi connectivity index (χ0v) is 12.6. The molecule has 3 rings (SSSR count). The highest BCUT2D eigenvalue weighted by Gasteiger charge is 2.14. The van der Waals surface area contributed by atoms with Crippen molar-refractivity contribution in [3.63, 3.8) is 0 Å². The van der Waals surface area contributed by atoms with E-state index in [0.717, 1.165) is 22.0 Å². The molecule has 2 nitrogen and oxygen atoms in total. The molecular weight excluding hydrogens is 305 g/mol. The molecule has 0 aliphatic heterocycles. The standard InChI is InChI=1S/C17H13Cl2NO/c18-14-5-3-6-15(19)13(14)9-17(21)12-8-11-4-1-2-7-16(11)20-10-12/h1-8,10,17,21H,9H2. The summed E-state index contributed by atoms with van der Waals surface area (Å²) in [7, 11) is 0. The lowest BCUT2D eigenvalue weighted by molar-refractivity contribution is 0.178. The molecular formula is C17H13Cl2NO. The van der Waals surface area contributed by atoms with Gasteiger partial charge in [0.15, 0.2) is 0 Å². The highest BCUT2D eigenvalue weighted by atomic mass is 35.5. The van der Waals surface area contributed by atoms with E-state index in [9.17, 15) is 5.11 Å². The van der Waals surface area contributed by atoms with E-state index in [1.54, 1.807) is 24.4 Å². The van der Waals surface area contributed by atoms with Gasteiger partial charge in [-0.15, -0.1) is 0 Å². The Morgan fingerprint density at radius 3 is 2.48 bits per heavy atom. The highest BCUT2D eigenvalue weighted by Crippen LogP contribution is 2.29. The molecule has 0 saturated heterocycles. The van der Waals surface area contributed by atoms with Gasteiger partial charge >= 0.3 is 0 Å². The Morgan fingerprint density at radius 1 is 1.00 bits per heavy atom. The summed E-state index contributed by atoms with van der Waals surface area (Å²) < 4.78 is 0. The quantitative estimate of drug-likeness (QED) is 0.751. The number of aromatic nitrogens is 1. The van der Waals surface area contributed by atoms with Crippen molar-refractivity contribution in [1.82, 2.24) is 4.98 Å². The van der Waals surface area contributed by atoms with Crippen LogP contribution in [0.1, 0.15) is 17.2 Å². The van der Waals surface area contributed by atoms with Crippen LogP contribution >= 0.6 is 23.2 Å². The lowest BCUT2D eigenvalue weighted by Gasteiger charge is -2.13. The molecule has 0 aliphatic carbocycles. The van der Waals surface area contributed by atoms with Crippen molar-refractivity contribution in [2.24, 2.45) is 0 Å². The van der Waals surface area contributed by atoms with E-state index in [0.29, 0.717) is 16.5 Å². The first-order valence-corrected chi connectivity index (χ1v) is 7.36. The Morgan fingerprint density at radius 2 is 1.71 bits per heavy atom. The van der Waals surface area contributed by atoms with Gasteiger partial charge in [-0.05, 0) is 35.4 Å². The number of hydrogen-bond donors (Lipinski definition) is 1. The van der Waals surface area contributed by atoms with Gasteiger partial charge in [0.2, 0.25) is 0 Å². The molecule has 106 valence electrons. The summed E-state index contributed by atoms with van der Waals surface area (Å²) in [5.41, 5.74) is 2.41. The maximum Gasteiger partial charge on any atom is 0.0846 e. The molecule has 1 unspecified atom stereocenters. The van der Waals surface area contributed by atoms with Crippen molar-refractivity contribution in [2.75, 3.05) is 0 Å². The molecule has 21 heavy (non-hydrogen) atoms. The molecule has 3 aromatic rings. The number of fused-ring (bicyclic) bond motifs is 1. The fourth-order valence-electron chi connectivity index (χ4n) is 2.31. The third kappa shape index (κ3) is 3.03. The summed E-state index contributed by atoms with van der Waals surface area (Å²) in [6.07, 6.45) is 1.36. The number of aliphatic hydroxyl groups is 1. The number of pyridine rings is 1. The first-order chi connectivity index (χ1) is 10.1. The van der Waals surface area contributed by atoms with Crippen molar-refractivity contribution in [3.05, 3.63) is 75.9 Å². The maximum absolute atomic E-state index is 10.4. The summed E-state index contributed by atoms with van der Waals surface area (Å²) in [6.45, 7) is 0. The average Bonchev–Trinajstić information content (AvgIpc) is 2.50. The van der Waals surface area contributed by atoms with Gasteiger partial charge in [0, 0.05) is 28.0 Å². The molecule has 0 spiro atoms. The fraction of sp³-hybridized carbons (Fsp3) is 0.118. The van der Waals surface area contributed by atoms with Crippen LogP contribution in [0.25, 0.3) is 10.9 Å². The predicted molar refractivity (Wildman–Crippen MR) is 86.9 cm³/mol. The largest absolute Gasteiger partial charge is 0.388 e. The van der Waals surface area contributed by atoms with Gasteiger partial charge in [0.05, 0.1) is 11.6 Å². The van der Waals surface area contributed by atoms with Crippen LogP contribution in [0.5, 0.6) is 0 Å². The van der Waals surface area contributed by atoms with Crippen LogP contribution in [-0.4, -0.2) is 10.1 Å². The van der Waals surface area contributed by atoms with Crippen LogP contribution < -0.4 is 0 Å². The van der Waals surface area contributed by atoms with E-state index in [4.69, 9.17) is 23.2 Å². The van der Waals surface area contributed by atoms with Crippen LogP contribution in [0.4, 0.5) is 0 Å². The van der Waals surface area contributed by atoms with Gasteiger partial charge < -0.3 is 5.11 Å². The Labute approximate surface area is 133 Å². The maximum atomic E-state index is 10.4. The lowest BCUT2D eigenvalue weighted by Crippen LogP contribution is -2.03. The number of hydrogen-bond acceptors (Lipinski definition) is 2. The van der Waals surface area contributed by atoms with Gasteiger partial charge in [0.25, 0.3) is 0 Å². The molecule has 1 N–H and O–H groups in total. The lowest BCUT2D eigenvalue weighted by atomic mass is 10.0. The second-order valence-electron chi connectivity index (χ2n) is 4.88. The molecule has 4 heteroatoms. The zero-order chi connectivity index (χ0) is 14.8. The fourth-order valence-corrected chi connectivity index (χ4v) is 2.86. The number of rotatable bonds is 3. The Kier molecular flexibility index (Phi) is 4.11. The Hall–Kier alpha value is -1.61. The molecule has 1 aromatic heterocycles. The van der Waals surface area contributed by atoms with E-state index in [-0.39, 0.29) is 0 Å². The predicted octanol–water partition coefficient (Wildman–Crippen LogP) is 4.82. The monoisotopic (exact) mass is 317 g/mol. The zero-order valence-electron chi connectivity index (χ0n) is 11.1. The van der Waals surface area contributed by atoms with Crippen LogP contribution in [-0.2, 0) is 6.42 Å². The van der Waals surface area contributed by atoms with Crippen LogP contribution in [0, 0.1) is 0 Å². The number of benzene rings is 2. The van der Waals surface area contributed by atoms with Crippen LogP contribution in [0.3, 0.4) is 0 Å². The average molecular weight is 318 g/mol. The minimum Gasteiger partial charge on any atom is -0.388 e. The third-order valence-corrected chi connectivity index (χ3v) is 4.16. The molecule has 1 heterocycles. The van der Waals surface area contributed by atoms with Gasteiger partial charge in [-0.2, -0.15) is 0 Å². The number of para-hydroxylation sites is 1. The molecule has 2 aromatic carbocycles. The molecule has 0 radical (unpaired) electrons. The molecule has 0 aliphatic rings. The smallest absolute Gasteiger partial charge is 0.0846 e. The van der Waals surface area contributed by atoms with Crippen molar-refractivity contribution in [1.29, 1.82) is 0 Å². The number of halogens is 2. The first-order valence-electron chi connectivity index (χ1n) is 6.61. The summed E-state index contributed by atoms with van der Waals surface area (Å²) in [4.78, 5) is 4.36. The Balaban J connectivity index is 1.91. The summed E-state index contributed by atoms with van der Waals surface area (Å²) in [6, 6.07) is 15.1. The van der Waals surface area contributed by atoms with E-state index >= 15 is 0 Å². The van der Waals surface area contributed by atoms with Gasteiger partial charge in [-0.3, -0.25) is 4.98 Å². The van der Waals surface area contributed by atoms with Crippen molar-refractivity contribution in [3.8, 4) is 0 Å². The van der Waals surface area contributed by atoms with Crippen molar-refractivity contribution in [2.45, 2.75) is 12.5 Å². The SMILES string of the molecule is OC(Cc1c(Cl)cccc1Cl)c1cnc2ccccc2c1. The first kappa shape index (κ1) is 14.3. The molecule has 0 bridgehead atoms. The number of aliphatic hydroxyl groups excluding tert-OH is 1. The second kappa shape index (κ2) is 6.02. The van der Waals surface area contributed by atoms with Gasteiger partial charge in [0.1, 0.15) is 0 Å². The minimum absolute atomic E-state index is 0.360. The van der Waals surface area contributed by atoms with E-state index in [1.165, 1.54) is 0 Å². The van der Waals surface area contributed by atoms with Crippen molar-refractivity contribution < 1.29 is 5.11 Å². The van der Waals surface area contributed by atoms with Gasteiger partial charge in [-0.25, -0.2) is 0 Å². The third-order valence-electron chi connectivity index (χ3n) is 3.46. The molecule has 1 atom stereocenters. The second-order valence-corrected chi connectivity index (χ2v) is 5.70. The van der Waals surface area contributed by atoms with Crippen molar-refractivity contribution >= 4 is 34.1 Å². The summed E-state index contributed by atoms with van der Waals surface area (Å²) in [5.74, 6) is 0. The van der Waals surface area contributed by atoms with E-state index in [1.807, 2.05) is 30.3 Å². The topological polar surface area (TPSA) is 33.1 Å². The van der Waals surface area contributed by atoms with E-state index in [2.05, 4.69) is 4.98 Å². The molecule has 0 amide bonds. The van der Waals surface area contributed by atoms with E-state index < -0.39 is 6.10 Å². The summed E-state index contributed by atoms with van der Waals surface area (Å²) in [5, 5.41) is 12.6.